The van der Waals surface area contributed by atoms with Gasteiger partial charge in [-0.2, -0.15) is 0 Å². The van der Waals surface area contributed by atoms with Gasteiger partial charge in [-0.05, 0) is 29.5 Å². The highest BCUT2D eigenvalue weighted by Gasteiger charge is 2.38. The van der Waals surface area contributed by atoms with Gasteiger partial charge in [0, 0.05) is 12.1 Å². The number of nitrogens with one attached hydrogen (secondary N) is 1. The van der Waals surface area contributed by atoms with Crippen LogP contribution in [0.1, 0.15) is 58.7 Å². The number of hydrogen-bond donors (Lipinski definition) is 1. The lowest BCUT2D eigenvalue weighted by Gasteiger charge is -2.24. The molecule has 1 heterocycles. The van der Waals surface area contributed by atoms with Crippen LogP contribution >= 0.6 is 0 Å². The van der Waals surface area contributed by atoms with Crippen LogP contribution in [0.4, 0.5) is 5.69 Å². The van der Waals surface area contributed by atoms with E-state index in [0.29, 0.717) is 0 Å². The SMILES string of the molecule is CCc1ccc([C@H](NC(=O)CN2C(=O)c3ccc([N+](=O)[O-])cc3C2=O)C(C)C)cc1. The van der Waals surface area contributed by atoms with Crippen molar-refractivity contribution in [2.24, 2.45) is 5.92 Å². The van der Waals surface area contributed by atoms with Crippen LogP contribution in [0.2, 0.25) is 0 Å². The average molecular weight is 409 g/mol. The van der Waals surface area contributed by atoms with Gasteiger partial charge in [-0.15, -0.1) is 0 Å². The van der Waals surface area contributed by atoms with Gasteiger partial charge in [-0.1, -0.05) is 45.0 Å². The minimum absolute atomic E-state index is 0.0578. The van der Waals surface area contributed by atoms with E-state index in [1.807, 2.05) is 38.1 Å². The summed E-state index contributed by atoms with van der Waals surface area (Å²) in [7, 11) is 0. The standard InChI is InChI=1S/C22H23N3O5/c1-4-14-5-7-15(8-6-14)20(13(2)3)23-19(26)12-24-21(27)17-10-9-16(25(29)30)11-18(17)22(24)28/h5-11,13,20H,4,12H2,1-3H3,(H,23,26)/t20-/m1/s1. The van der Waals surface area contributed by atoms with E-state index in [4.69, 9.17) is 0 Å². The molecule has 0 spiro atoms. The summed E-state index contributed by atoms with van der Waals surface area (Å²) in [6, 6.07) is 11.2. The Kier molecular flexibility index (Phi) is 5.96. The molecule has 1 aliphatic rings. The van der Waals surface area contributed by atoms with Crippen LogP contribution in [0.3, 0.4) is 0 Å². The second-order valence-electron chi connectivity index (χ2n) is 7.57. The quantitative estimate of drug-likeness (QED) is 0.429. The van der Waals surface area contributed by atoms with Gasteiger partial charge >= 0.3 is 0 Å². The summed E-state index contributed by atoms with van der Waals surface area (Å²) < 4.78 is 0. The highest BCUT2D eigenvalue weighted by atomic mass is 16.6. The lowest BCUT2D eigenvalue weighted by atomic mass is 9.95. The zero-order chi connectivity index (χ0) is 22.0. The van der Waals surface area contributed by atoms with Crippen molar-refractivity contribution < 1.29 is 19.3 Å². The third kappa shape index (κ3) is 4.07. The fraction of sp³-hybridized carbons (Fsp3) is 0.318. The molecule has 0 unspecified atom stereocenters. The van der Waals surface area contributed by atoms with Gasteiger partial charge in [0.2, 0.25) is 5.91 Å². The van der Waals surface area contributed by atoms with Crippen LogP contribution in [0.25, 0.3) is 0 Å². The molecular formula is C22H23N3O5. The second kappa shape index (κ2) is 8.44. The highest BCUT2D eigenvalue weighted by Crippen LogP contribution is 2.27. The lowest BCUT2D eigenvalue weighted by molar-refractivity contribution is -0.384. The third-order valence-electron chi connectivity index (χ3n) is 5.20. The van der Waals surface area contributed by atoms with E-state index in [9.17, 15) is 24.5 Å². The molecule has 2 aromatic rings. The first-order chi connectivity index (χ1) is 14.2. The second-order valence-corrected chi connectivity index (χ2v) is 7.57. The summed E-state index contributed by atoms with van der Waals surface area (Å²) in [5.41, 5.74) is 1.85. The van der Waals surface area contributed by atoms with Crippen LogP contribution in [0.15, 0.2) is 42.5 Å². The molecule has 1 aliphatic heterocycles. The van der Waals surface area contributed by atoms with Crippen LogP contribution in [0.5, 0.6) is 0 Å². The Morgan fingerprint density at radius 2 is 1.70 bits per heavy atom. The molecule has 0 bridgehead atoms. The van der Waals surface area contributed by atoms with Crippen molar-refractivity contribution in [1.29, 1.82) is 0 Å². The zero-order valence-corrected chi connectivity index (χ0v) is 17.0. The number of non-ortho nitro benzene ring substituents is 1. The fourth-order valence-electron chi connectivity index (χ4n) is 3.49. The Morgan fingerprint density at radius 1 is 1.07 bits per heavy atom. The number of imide groups is 1. The first-order valence-electron chi connectivity index (χ1n) is 9.75. The van der Waals surface area contributed by atoms with Crippen LogP contribution in [0, 0.1) is 16.0 Å². The molecule has 1 N–H and O–H groups in total. The molecule has 3 amide bonds. The Bertz CT molecular complexity index is 1010. The van der Waals surface area contributed by atoms with Crippen LogP contribution in [-0.4, -0.2) is 34.1 Å². The normalized spacial score (nSPS) is 14.1. The van der Waals surface area contributed by atoms with E-state index < -0.39 is 29.2 Å². The molecule has 1 atom stereocenters. The van der Waals surface area contributed by atoms with Crippen molar-refractivity contribution in [3.63, 3.8) is 0 Å². The van der Waals surface area contributed by atoms with Gasteiger partial charge < -0.3 is 5.32 Å². The molecule has 0 aliphatic carbocycles. The molecule has 0 fully saturated rings. The van der Waals surface area contributed by atoms with E-state index in [2.05, 4.69) is 12.2 Å². The van der Waals surface area contributed by atoms with Crippen molar-refractivity contribution in [3.8, 4) is 0 Å². The minimum Gasteiger partial charge on any atom is -0.347 e. The smallest absolute Gasteiger partial charge is 0.270 e. The number of rotatable bonds is 7. The van der Waals surface area contributed by atoms with Crippen molar-refractivity contribution in [2.45, 2.75) is 33.2 Å². The predicted octanol–water partition coefficient (Wildman–Crippen LogP) is 3.27. The summed E-state index contributed by atoms with van der Waals surface area (Å²) in [5.74, 6) is -1.72. The van der Waals surface area contributed by atoms with Crippen LogP contribution < -0.4 is 5.32 Å². The van der Waals surface area contributed by atoms with E-state index in [-0.39, 0.29) is 28.8 Å². The minimum atomic E-state index is -0.706. The lowest BCUT2D eigenvalue weighted by Crippen LogP contribution is -2.42. The number of amides is 3. The summed E-state index contributed by atoms with van der Waals surface area (Å²) in [6.45, 7) is 5.56. The summed E-state index contributed by atoms with van der Waals surface area (Å²) in [4.78, 5) is 48.9. The van der Waals surface area contributed by atoms with Crippen LogP contribution in [-0.2, 0) is 11.2 Å². The molecule has 0 saturated carbocycles. The van der Waals surface area contributed by atoms with Crippen molar-refractivity contribution in [3.05, 3.63) is 74.8 Å². The average Bonchev–Trinajstić information content (AvgIpc) is 2.96. The maximum atomic E-state index is 12.7. The third-order valence-corrected chi connectivity index (χ3v) is 5.20. The van der Waals surface area contributed by atoms with Gasteiger partial charge in [0.1, 0.15) is 6.54 Å². The number of fused-ring (bicyclic) bond motifs is 1. The van der Waals surface area contributed by atoms with Crippen molar-refractivity contribution in [2.75, 3.05) is 6.54 Å². The van der Waals surface area contributed by atoms with E-state index in [1.54, 1.807) is 0 Å². The highest BCUT2D eigenvalue weighted by molar-refractivity contribution is 6.22. The first-order valence-corrected chi connectivity index (χ1v) is 9.75. The van der Waals surface area contributed by atoms with Gasteiger partial charge in [-0.25, -0.2) is 0 Å². The van der Waals surface area contributed by atoms with E-state index in [0.717, 1.165) is 23.0 Å². The van der Waals surface area contributed by atoms with Crippen molar-refractivity contribution >= 4 is 23.4 Å². The molecule has 30 heavy (non-hydrogen) atoms. The number of nitrogens with zero attached hydrogens (tertiary/aromatic N) is 2. The molecule has 0 saturated heterocycles. The topological polar surface area (TPSA) is 110 Å². The molecule has 2 aromatic carbocycles. The molecule has 8 nitrogen and oxygen atoms in total. The van der Waals surface area contributed by atoms with E-state index in [1.165, 1.54) is 17.7 Å². The maximum absolute atomic E-state index is 12.7. The predicted molar refractivity (Wildman–Crippen MR) is 110 cm³/mol. The number of hydrogen-bond acceptors (Lipinski definition) is 5. The molecule has 8 heteroatoms. The number of nitro groups is 1. The molecule has 0 aromatic heterocycles. The summed E-state index contributed by atoms with van der Waals surface area (Å²) in [6.07, 6.45) is 0.914. The van der Waals surface area contributed by atoms with E-state index >= 15 is 0 Å². The largest absolute Gasteiger partial charge is 0.347 e. The Balaban J connectivity index is 1.75. The zero-order valence-electron chi connectivity index (χ0n) is 17.0. The Labute approximate surface area is 174 Å². The Morgan fingerprint density at radius 3 is 2.27 bits per heavy atom. The number of carbonyl (C=O) groups excluding carboxylic acids is 3. The number of carbonyl (C=O) groups is 3. The number of aryl methyl sites for hydroxylation is 1. The van der Waals surface area contributed by atoms with Gasteiger partial charge in [-0.3, -0.25) is 29.4 Å². The summed E-state index contributed by atoms with van der Waals surface area (Å²) >= 11 is 0. The van der Waals surface area contributed by atoms with Gasteiger partial charge in [0.25, 0.3) is 17.5 Å². The molecule has 0 radical (unpaired) electrons. The summed E-state index contributed by atoms with van der Waals surface area (Å²) in [5, 5.41) is 13.8. The van der Waals surface area contributed by atoms with Crippen molar-refractivity contribution in [1.82, 2.24) is 10.2 Å². The molecule has 156 valence electrons. The number of benzene rings is 2. The number of nitro benzene ring substituents is 1. The maximum Gasteiger partial charge on any atom is 0.270 e. The van der Waals surface area contributed by atoms with Gasteiger partial charge in [0.15, 0.2) is 0 Å². The monoisotopic (exact) mass is 409 g/mol. The Hall–Kier alpha value is -3.55. The first kappa shape index (κ1) is 21.2. The molecular weight excluding hydrogens is 386 g/mol. The molecule has 3 rings (SSSR count). The fourth-order valence-corrected chi connectivity index (χ4v) is 3.49. The van der Waals surface area contributed by atoms with Gasteiger partial charge in [0.05, 0.1) is 22.1 Å².